The molecule has 0 amide bonds. The van der Waals surface area contributed by atoms with Gasteiger partial charge < -0.3 is 4.90 Å². The maximum absolute atomic E-state index is 2.27. The van der Waals surface area contributed by atoms with Crippen molar-refractivity contribution in [3.8, 4) is 11.1 Å². The highest BCUT2D eigenvalue weighted by Crippen LogP contribution is 2.31. The lowest BCUT2D eigenvalue weighted by Crippen LogP contribution is -2.08. The van der Waals surface area contributed by atoms with Gasteiger partial charge in [0.1, 0.15) is 0 Å². The van der Waals surface area contributed by atoms with Crippen molar-refractivity contribution < 1.29 is 0 Å². The Hall–Kier alpha value is -1.76. The molecule has 0 N–H and O–H groups in total. The largest absolute Gasteiger partial charge is 0.378 e. The van der Waals surface area contributed by atoms with Crippen molar-refractivity contribution in [3.05, 3.63) is 53.6 Å². The number of anilines is 1. The Morgan fingerprint density at radius 3 is 2.10 bits per heavy atom. The van der Waals surface area contributed by atoms with E-state index in [4.69, 9.17) is 0 Å². The van der Waals surface area contributed by atoms with Gasteiger partial charge in [-0.05, 0) is 46.7 Å². The summed E-state index contributed by atoms with van der Waals surface area (Å²) < 4.78 is 0. The number of hydrogen-bond acceptors (Lipinski definition) is 1. The Morgan fingerprint density at radius 2 is 1.60 bits per heavy atom. The van der Waals surface area contributed by atoms with E-state index in [1.165, 1.54) is 27.9 Å². The highest BCUT2D eigenvalue weighted by Gasteiger charge is 2.11. The highest BCUT2D eigenvalue weighted by molar-refractivity contribution is 5.71. The lowest BCUT2D eigenvalue weighted by molar-refractivity contribution is 0.845. The molecule has 0 radical (unpaired) electrons. The van der Waals surface area contributed by atoms with Crippen LogP contribution in [0.2, 0.25) is 0 Å². The summed E-state index contributed by atoms with van der Waals surface area (Å²) >= 11 is 0. The van der Waals surface area contributed by atoms with Gasteiger partial charge in [-0.2, -0.15) is 0 Å². The van der Waals surface area contributed by atoms with Crippen LogP contribution in [0.1, 0.15) is 37.8 Å². The van der Waals surface area contributed by atoms with Crippen LogP contribution in [0.4, 0.5) is 5.69 Å². The number of nitrogens with zero attached hydrogens (tertiary/aromatic N) is 1. The van der Waals surface area contributed by atoms with Gasteiger partial charge in [-0.3, -0.25) is 0 Å². The van der Waals surface area contributed by atoms with Crippen LogP contribution in [0.3, 0.4) is 0 Å². The fourth-order valence-corrected chi connectivity index (χ4v) is 2.75. The number of benzene rings is 2. The molecule has 0 aliphatic heterocycles. The smallest absolute Gasteiger partial charge is 0.0361 e. The van der Waals surface area contributed by atoms with Crippen molar-refractivity contribution in [1.82, 2.24) is 0 Å². The first-order chi connectivity index (χ1) is 9.54. The summed E-state index contributed by atoms with van der Waals surface area (Å²) in [4.78, 5) is 2.13. The third-order valence-electron chi connectivity index (χ3n) is 3.88. The molecular weight excluding hydrogens is 242 g/mol. The van der Waals surface area contributed by atoms with Crippen LogP contribution in [-0.4, -0.2) is 14.1 Å². The first-order valence-electron chi connectivity index (χ1n) is 7.44. The molecule has 1 nitrogen and oxygen atoms in total. The molecule has 0 heterocycles. The topological polar surface area (TPSA) is 3.24 Å². The molecule has 0 saturated heterocycles. The minimum absolute atomic E-state index is 0.575. The standard InChI is InChI=1S/C19H25N/c1-6-17-18(14(2)3)8-7-9-19(17)15-10-12-16(13-11-15)20(4)5/h7-14H,6H2,1-5H3. The Balaban J connectivity index is 2.49. The van der Waals surface area contributed by atoms with Crippen LogP contribution in [0.5, 0.6) is 0 Å². The molecule has 0 unspecified atom stereocenters. The Kier molecular flexibility index (Phi) is 4.49. The van der Waals surface area contributed by atoms with E-state index in [-0.39, 0.29) is 0 Å². The van der Waals surface area contributed by atoms with Crippen molar-refractivity contribution in [1.29, 1.82) is 0 Å². The van der Waals surface area contributed by atoms with Crippen molar-refractivity contribution >= 4 is 5.69 Å². The highest BCUT2D eigenvalue weighted by atomic mass is 15.1. The van der Waals surface area contributed by atoms with Crippen LogP contribution >= 0.6 is 0 Å². The third kappa shape index (κ3) is 2.87. The molecule has 2 aromatic rings. The fraction of sp³-hybridized carbons (Fsp3) is 0.368. The quantitative estimate of drug-likeness (QED) is 0.744. The van der Waals surface area contributed by atoms with E-state index in [1.54, 1.807) is 0 Å². The zero-order chi connectivity index (χ0) is 14.7. The average molecular weight is 267 g/mol. The van der Waals surface area contributed by atoms with Crippen LogP contribution in [0.15, 0.2) is 42.5 Å². The molecule has 2 aromatic carbocycles. The van der Waals surface area contributed by atoms with Gasteiger partial charge in [0.05, 0.1) is 0 Å². The van der Waals surface area contributed by atoms with Crippen molar-refractivity contribution in [3.63, 3.8) is 0 Å². The molecule has 0 bridgehead atoms. The number of rotatable bonds is 4. The first-order valence-corrected chi connectivity index (χ1v) is 7.44. The summed E-state index contributed by atoms with van der Waals surface area (Å²) in [7, 11) is 4.15. The van der Waals surface area contributed by atoms with Crippen LogP contribution in [0.25, 0.3) is 11.1 Å². The van der Waals surface area contributed by atoms with E-state index in [9.17, 15) is 0 Å². The van der Waals surface area contributed by atoms with Gasteiger partial charge in [0.2, 0.25) is 0 Å². The molecule has 2 rings (SSSR count). The maximum atomic E-state index is 2.27. The van der Waals surface area contributed by atoms with Gasteiger partial charge in [-0.25, -0.2) is 0 Å². The molecule has 0 aromatic heterocycles. The van der Waals surface area contributed by atoms with E-state index < -0.39 is 0 Å². The summed E-state index contributed by atoms with van der Waals surface area (Å²) in [5, 5.41) is 0. The molecule has 1 heteroatoms. The van der Waals surface area contributed by atoms with Gasteiger partial charge in [0.15, 0.2) is 0 Å². The minimum Gasteiger partial charge on any atom is -0.378 e. The lowest BCUT2D eigenvalue weighted by atomic mass is 9.89. The number of hydrogen-bond donors (Lipinski definition) is 0. The van der Waals surface area contributed by atoms with E-state index in [0.29, 0.717) is 5.92 Å². The summed E-state index contributed by atoms with van der Waals surface area (Å²) in [6.45, 7) is 6.79. The van der Waals surface area contributed by atoms with Gasteiger partial charge in [0.25, 0.3) is 0 Å². The molecule has 0 atom stereocenters. The summed E-state index contributed by atoms with van der Waals surface area (Å²) in [6.07, 6.45) is 1.08. The van der Waals surface area contributed by atoms with Crippen molar-refractivity contribution in [2.45, 2.75) is 33.1 Å². The predicted octanol–water partition coefficient (Wildman–Crippen LogP) is 5.11. The molecule has 106 valence electrons. The van der Waals surface area contributed by atoms with Crippen molar-refractivity contribution in [2.75, 3.05) is 19.0 Å². The zero-order valence-electron chi connectivity index (χ0n) is 13.3. The second kappa shape index (κ2) is 6.13. The zero-order valence-corrected chi connectivity index (χ0v) is 13.3. The third-order valence-corrected chi connectivity index (χ3v) is 3.88. The average Bonchev–Trinajstić information content (AvgIpc) is 2.46. The fourth-order valence-electron chi connectivity index (χ4n) is 2.75. The monoisotopic (exact) mass is 267 g/mol. The van der Waals surface area contributed by atoms with E-state index in [2.05, 4.69) is 82.2 Å². The Morgan fingerprint density at radius 1 is 0.950 bits per heavy atom. The molecule has 0 aliphatic rings. The molecule has 0 spiro atoms. The second-order valence-corrected chi connectivity index (χ2v) is 5.82. The maximum Gasteiger partial charge on any atom is 0.0361 e. The minimum atomic E-state index is 0.575. The van der Waals surface area contributed by atoms with Gasteiger partial charge in [-0.1, -0.05) is 51.1 Å². The summed E-state index contributed by atoms with van der Waals surface area (Å²) in [5.74, 6) is 0.575. The first kappa shape index (κ1) is 14.6. The normalized spacial score (nSPS) is 10.9. The predicted molar refractivity (Wildman–Crippen MR) is 89.7 cm³/mol. The lowest BCUT2D eigenvalue weighted by Gasteiger charge is -2.17. The molecule has 20 heavy (non-hydrogen) atoms. The van der Waals surface area contributed by atoms with Crippen LogP contribution < -0.4 is 4.90 Å². The summed E-state index contributed by atoms with van der Waals surface area (Å²) in [6, 6.07) is 15.5. The summed E-state index contributed by atoms with van der Waals surface area (Å²) in [5.41, 5.74) is 6.90. The Labute approximate surface area is 123 Å². The second-order valence-electron chi connectivity index (χ2n) is 5.82. The van der Waals surface area contributed by atoms with Gasteiger partial charge >= 0.3 is 0 Å². The van der Waals surface area contributed by atoms with Crippen LogP contribution in [-0.2, 0) is 6.42 Å². The van der Waals surface area contributed by atoms with Crippen molar-refractivity contribution in [2.24, 2.45) is 0 Å². The molecular formula is C19H25N. The molecule has 0 aliphatic carbocycles. The SMILES string of the molecule is CCc1c(-c2ccc(N(C)C)cc2)cccc1C(C)C. The van der Waals surface area contributed by atoms with Gasteiger partial charge in [0, 0.05) is 19.8 Å². The van der Waals surface area contributed by atoms with Crippen LogP contribution in [0, 0.1) is 0 Å². The van der Waals surface area contributed by atoms with E-state index in [1.807, 2.05) is 0 Å². The molecule has 0 fully saturated rings. The van der Waals surface area contributed by atoms with E-state index >= 15 is 0 Å². The van der Waals surface area contributed by atoms with E-state index in [0.717, 1.165) is 6.42 Å². The van der Waals surface area contributed by atoms with Gasteiger partial charge in [-0.15, -0.1) is 0 Å². The molecule has 0 saturated carbocycles. The Bertz CT molecular complexity index is 565.